The number of nitrogens with zero attached hydrogens (tertiary/aromatic N) is 2. The maximum absolute atomic E-state index is 13.6. The molecule has 2 aromatic carbocycles. The van der Waals surface area contributed by atoms with Crippen LogP contribution in [0.25, 0.3) is 0 Å². The summed E-state index contributed by atoms with van der Waals surface area (Å²) < 4.78 is 13.6. The Morgan fingerprint density at radius 1 is 0.962 bits per heavy atom. The van der Waals surface area contributed by atoms with Crippen LogP contribution in [-0.2, 0) is 6.42 Å². The number of hydrogen-bond acceptors (Lipinski definition) is 4. The third kappa shape index (κ3) is 4.63. The van der Waals surface area contributed by atoms with Crippen LogP contribution in [0.15, 0.2) is 60.7 Å². The molecule has 0 bridgehead atoms. The Hall–Kier alpha value is -3.28. The van der Waals surface area contributed by atoms with E-state index in [-0.39, 0.29) is 11.7 Å². The first kappa shape index (κ1) is 17.5. The number of carbonyl (C=O) groups excluding carboxylic acids is 1. The molecule has 3 aromatic rings. The first-order chi connectivity index (χ1) is 12.6. The number of rotatable bonds is 6. The van der Waals surface area contributed by atoms with E-state index >= 15 is 0 Å². The van der Waals surface area contributed by atoms with E-state index in [0.717, 1.165) is 5.56 Å². The maximum Gasteiger partial charge on any atom is 0.256 e. The summed E-state index contributed by atoms with van der Waals surface area (Å²) >= 11 is 0. The predicted molar refractivity (Wildman–Crippen MR) is 99.8 cm³/mol. The lowest BCUT2D eigenvalue weighted by atomic mass is 10.1. The summed E-state index contributed by atoms with van der Waals surface area (Å²) in [4.78, 5) is 12.1. The second-order valence-electron chi connectivity index (χ2n) is 5.89. The van der Waals surface area contributed by atoms with Crippen LogP contribution in [0.1, 0.15) is 21.5 Å². The Morgan fingerprint density at radius 2 is 1.65 bits per heavy atom. The van der Waals surface area contributed by atoms with E-state index in [2.05, 4.69) is 20.8 Å². The number of benzene rings is 2. The fourth-order valence-corrected chi connectivity index (χ4v) is 2.41. The largest absolute Gasteiger partial charge is 0.368 e. The van der Waals surface area contributed by atoms with Crippen LogP contribution in [0.5, 0.6) is 0 Å². The monoisotopic (exact) mass is 350 g/mol. The van der Waals surface area contributed by atoms with Crippen LogP contribution in [-0.4, -0.2) is 22.6 Å². The Kier molecular flexibility index (Phi) is 5.53. The van der Waals surface area contributed by atoms with E-state index in [1.165, 1.54) is 6.07 Å². The Bertz CT molecular complexity index is 879. The number of hydrogen-bond donors (Lipinski definition) is 2. The van der Waals surface area contributed by atoms with E-state index in [9.17, 15) is 9.18 Å². The van der Waals surface area contributed by atoms with Gasteiger partial charge in [-0.15, -0.1) is 10.2 Å². The molecule has 0 saturated heterocycles. The average Bonchev–Trinajstić information content (AvgIpc) is 2.65. The molecule has 2 N–H and O–H groups in total. The molecule has 6 heteroatoms. The topological polar surface area (TPSA) is 66.9 Å². The molecule has 1 heterocycles. The lowest BCUT2D eigenvalue weighted by molar-refractivity contribution is 0.102. The zero-order valence-corrected chi connectivity index (χ0v) is 14.4. The average molecular weight is 350 g/mol. The maximum atomic E-state index is 13.6. The lowest BCUT2D eigenvalue weighted by Crippen LogP contribution is -2.14. The highest BCUT2D eigenvalue weighted by molar-refractivity contribution is 6.03. The van der Waals surface area contributed by atoms with Gasteiger partial charge in [0.15, 0.2) is 5.82 Å². The van der Waals surface area contributed by atoms with Gasteiger partial charge in [-0.3, -0.25) is 4.79 Å². The third-order valence-corrected chi connectivity index (χ3v) is 3.88. The van der Waals surface area contributed by atoms with E-state index < -0.39 is 0 Å². The van der Waals surface area contributed by atoms with Gasteiger partial charge < -0.3 is 10.6 Å². The number of nitrogens with one attached hydrogen (secondary N) is 2. The van der Waals surface area contributed by atoms with Gasteiger partial charge in [-0.2, -0.15) is 0 Å². The molecule has 0 unspecified atom stereocenters. The smallest absolute Gasteiger partial charge is 0.256 e. The van der Waals surface area contributed by atoms with E-state index in [4.69, 9.17) is 0 Å². The van der Waals surface area contributed by atoms with Crippen LogP contribution < -0.4 is 10.6 Å². The molecule has 0 aliphatic rings. The first-order valence-corrected chi connectivity index (χ1v) is 8.31. The predicted octanol–water partition coefficient (Wildman–Crippen LogP) is 3.83. The number of carbonyl (C=O) groups is 1. The molecule has 0 spiro atoms. The van der Waals surface area contributed by atoms with Crippen molar-refractivity contribution in [3.8, 4) is 0 Å². The summed E-state index contributed by atoms with van der Waals surface area (Å²) in [5, 5.41) is 13.8. The van der Waals surface area contributed by atoms with Gasteiger partial charge in [0.2, 0.25) is 0 Å². The van der Waals surface area contributed by atoms with E-state index in [1.54, 1.807) is 36.4 Å². The van der Waals surface area contributed by atoms with E-state index in [1.807, 2.05) is 25.1 Å². The molecular formula is C20H19FN4O. The molecule has 3 rings (SSSR count). The van der Waals surface area contributed by atoms with Crippen molar-refractivity contribution in [2.75, 3.05) is 17.2 Å². The lowest BCUT2D eigenvalue weighted by Gasteiger charge is -2.07. The van der Waals surface area contributed by atoms with Crippen LogP contribution in [0.2, 0.25) is 0 Å². The van der Waals surface area contributed by atoms with Crippen LogP contribution in [0.4, 0.5) is 16.0 Å². The fourth-order valence-electron chi connectivity index (χ4n) is 2.41. The summed E-state index contributed by atoms with van der Waals surface area (Å²) in [6.45, 7) is 2.50. The summed E-state index contributed by atoms with van der Waals surface area (Å²) in [6, 6.07) is 17.3. The zero-order chi connectivity index (χ0) is 18.4. The van der Waals surface area contributed by atoms with Crippen molar-refractivity contribution in [2.24, 2.45) is 0 Å². The molecule has 0 fully saturated rings. The molecule has 5 nitrogen and oxygen atoms in total. The van der Waals surface area contributed by atoms with Crippen molar-refractivity contribution in [2.45, 2.75) is 13.3 Å². The van der Waals surface area contributed by atoms with Crippen LogP contribution in [0, 0.1) is 12.7 Å². The SMILES string of the molecule is Cc1ccc(C(=O)Nc2ccc(NCCc3ccccc3F)nn2)cc1. The normalized spacial score (nSPS) is 10.4. The number of aromatic nitrogens is 2. The van der Waals surface area contributed by atoms with Gasteiger partial charge in [-0.05, 0) is 49.2 Å². The molecule has 1 aromatic heterocycles. The summed E-state index contributed by atoms with van der Waals surface area (Å²) in [7, 11) is 0. The number of anilines is 2. The summed E-state index contributed by atoms with van der Waals surface area (Å²) in [5.41, 5.74) is 2.30. The molecule has 26 heavy (non-hydrogen) atoms. The van der Waals surface area contributed by atoms with Crippen molar-refractivity contribution in [3.05, 3.63) is 83.2 Å². The van der Waals surface area contributed by atoms with Crippen LogP contribution in [0.3, 0.4) is 0 Å². The second-order valence-corrected chi connectivity index (χ2v) is 5.89. The van der Waals surface area contributed by atoms with Gasteiger partial charge in [-0.1, -0.05) is 35.9 Å². The molecule has 132 valence electrons. The van der Waals surface area contributed by atoms with Crippen molar-refractivity contribution in [1.29, 1.82) is 0 Å². The fraction of sp³-hybridized carbons (Fsp3) is 0.150. The number of amides is 1. The Balaban J connectivity index is 1.52. The number of halogens is 1. The van der Waals surface area contributed by atoms with Gasteiger partial charge in [0.25, 0.3) is 5.91 Å². The highest BCUT2D eigenvalue weighted by Crippen LogP contribution is 2.11. The highest BCUT2D eigenvalue weighted by atomic mass is 19.1. The highest BCUT2D eigenvalue weighted by Gasteiger charge is 2.07. The van der Waals surface area contributed by atoms with Gasteiger partial charge in [0.1, 0.15) is 11.6 Å². The molecule has 0 saturated carbocycles. The molecule has 0 aliphatic carbocycles. The Morgan fingerprint density at radius 3 is 2.35 bits per heavy atom. The van der Waals surface area contributed by atoms with Crippen molar-refractivity contribution in [3.63, 3.8) is 0 Å². The van der Waals surface area contributed by atoms with Crippen molar-refractivity contribution >= 4 is 17.5 Å². The van der Waals surface area contributed by atoms with Gasteiger partial charge in [0.05, 0.1) is 0 Å². The quantitative estimate of drug-likeness (QED) is 0.709. The first-order valence-electron chi connectivity index (χ1n) is 8.31. The van der Waals surface area contributed by atoms with Crippen molar-refractivity contribution in [1.82, 2.24) is 10.2 Å². The summed E-state index contributed by atoms with van der Waals surface area (Å²) in [6.07, 6.45) is 0.542. The van der Waals surface area contributed by atoms with E-state index in [0.29, 0.717) is 35.7 Å². The van der Waals surface area contributed by atoms with Crippen molar-refractivity contribution < 1.29 is 9.18 Å². The number of aryl methyl sites for hydroxylation is 1. The van der Waals surface area contributed by atoms with Gasteiger partial charge >= 0.3 is 0 Å². The third-order valence-electron chi connectivity index (χ3n) is 3.88. The molecule has 0 radical (unpaired) electrons. The standard InChI is InChI=1S/C20H19FN4O/c1-14-6-8-16(9-7-14)20(26)23-19-11-10-18(24-25-19)22-13-12-15-4-2-3-5-17(15)21/h2-11H,12-13H2,1H3,(H,22,24)(H,23,25,26). The second kappa shape index (κ2) is 8.20. The van der Waals surface area contributed by atoms with Crippen LogP contribution >= 0.6 is 0 Å². The minimum absolute atomic E-state index is 0.213. The molecular weight excluding hydrogens is 331 g/mol. The van der Waals surface area contributed by atoms with Gasteiger partial charge in [-0.25, -0.2) is 4.39 Å². The minimum atomic E-state index is -0.237. The zero-order valence-electron chi connectivity index (χ0n) is 14.4. The minimum Gasteiger partial charge on any atom is -0.368 e. The summed E-state index contributed by atoms with van der Waals surface area (Å²) in [5.74, 6) is 0.485. The Labute approximate surface area is 151 Å². The molecule has 1 amide bonds. The van der Waals surface area contributed by atoms with Gasteiger partial charge in [0, 0.05) is 12.1 Å². The molecule has 0 aliphatic heterocycles. The molecule has 0 atom stereocenters.